The molecule has 0 bridgehead atoms. The Morgan fingerprint density at radius 2 is 1.83 bits per heavy atom. The van der Waals surface area contributed by atoms with Gasteiger partial charge in [0, 0.05) is 19.1 Å². The quantitative estimate of drug-likeness (QED) is 0.238. The molecule has 0 saturated heterocycles. The van der Waals surface area contributed by atoms with Gasteiger partial charge in [0.05, 0.1) is 0 Å². The molecule has 6 heteroatoms. The molecule has 0 rings (SSSR count). The summed E-state index contributed by atoms with van der Waals surface area (Å²) in [6, 6.07) is 0. The molecule has 0 unspecified atom stereocenters. The van der Waals surface area contributed by atoms with E-state index < -0.39 is 17.8 Å². The summed E-state index contributed by atoms with van der Waals surface area (Å²) in [6.07, 6.45) is 1.30. The maximum Gasteiger partial charge on any atom is 0.328 e. The number of aliphatic carboxylic acids is 1. The molecule has 0 spiro atoms. The molecule has 0 fully saturated rings. The second-order valence-electron chi connectivity index (χ2n) is 1.90. The lowest BCUT2D eigenvalue weighted by atomic mass is 10.4. The summed E-state index contributed by atoms with van der Waals surface area (Å²) in [5.41, 5.74) is 0. The van der Waals surface area contributed by atoms with E-state index in [4.69, 9.17) is 10.9 Å². The molecule has 0 heterocycles. The topological polar surface area (TPSA) is 101 Å². The molecular weight excluding hydrogens is 164 g/mol. The first kappa shape index (κ1) is 10.3. The molecular formula is C6H8N2O4. The minimum atomic E-state index is -1.28. The van der Waals surface area contributed by atoms with Gasteiger partial charge in [-0.3, -0.25) is 9.59 Å². The second kappa shape index (κ2) is 4.24. The van der Waals surface area contributed by atoms with Gasteiger partial charge in [0.2, 0.25) is 5.91 Å². The third kappa shape index (κ3) is 3.47. The molecule has 0 aromatic rings. The van der Waals surface area contributed by atoms with Crippen molar-refractivity contribution in [2.45, 2.75) is 6.92 Å². The van der Waals surface area contributed by atoms with E-state index in [9.17, 15) is 14.4 Å². The van der Waals surface area contributed by atoms with Gasteiger partial charge in [-0.1, -0.05) is 0 Å². The first-order chi connectivity index (χ1) is 5.45. The average molecular weight is 172 g/mol. The number of amides is 2. The summed E-state index contributed by atoms with van der Waals surface area (Å²) in [5, 5.41) is 8.42. The van der Waals surface area contributed by atoms with Crippen LogP contribution in [0.25, 0.3) is 0 Å². The van der Waals surface area contributed by atoms with Crippen molar-refractivity contribution in [2.24, 2.45) is 5.84 Å². The molecule has 2 amide bonds. The highest BCUT2D eigenvalue weighted by molar-refractivity contribution is 6.01. The van der Waals surface area contributed by atoms with E-state index in [0.717, 1.165) is 6.92 Å². The van der Waals surface area contributed by atoms with E-state index in [-0.39, 0.29) is 0 Å². The van der Waals surface area contributed by atoms with Gasteiger partial charge in [0.15, 0.2) is 0 Å². The zero-order valence-electron chi connectivity index (χ0n) is 6.35. The number of hydrazine groups is 1. The molecule has 12 heavy (non-hydrogen) atoms. The molecule has 0 aliphatic rings. The highest BCUT2D eigenvalue weighted by atomic mass is 16.4. The van der Waals surface area contributed by atoms with Crippen molar-refractivity contribution in [2.75, 3.05) is 0 Å². The molecule has 0 radical (unpaired) electrons. The van der Waals surface area contributed by atoms with E-state index in [1.54, 1.807) is 0 Å². The molecule has 0 atom stereocenters. The lowest BCUT2D eigenvalue weighted by molar-refractivity contribution is -0.141. The highest BCUT2D eigenvalue weighted by Crippen LogP contribution is 1.84. The molecule has 0 aromatic carbocycles. The number of nitrogens with two attached hydrogens (primary N) is 1. The van der Waals surface area contributed by atoms with Gasteiger partial charge in [-0.05, 0) is 0 Å². The maximum absolute atomic E-state index is 10.7. The van der Waals surface area contributed by atoms with E-state index in [0.29, 0.717) is 17.2 Å². The van der Waals surface area contributed by atoms with Gasteiger partial charge in [0.25, 0.3) is 5.91 Å². The lowest BCUT2D eigenvalue weighted by Crippen LogP contribution is -2.40. The SMILES string of the molecule is CC(=O)N(N)C(=O)C=CC(=O)O. The average Bonchev–Trinajstić information content (AvgIpc) is 1.98. The van der Waals surface area contributed by atoms with Crippen LogP contribution in [0.2, 0.25) is 0 Å². The number of rotatable bonds is 2. The van der Waals surface area contributed by atoms with E-state index in [1.165, 1.54) is 0 Å². The molecule has 0 aliphatic carbocycles. The first-order valence-electron chi connectivity index (χ1n) is 2.95. The molecule has 0 aromatic heterocycles. The Labute approximate surface area is 68.2 Å². The van der Waals surface area contributed by atoms with Crippen LogP contribution in [0.4, 0.5) is 0 Å². The Kier molecular flexibility index (Phi) is 3.65. The molecule has 6 nitrogen and oxygen atoms in total. The zero-order valence-corrected chi connectivity index (χ0v) is 6.35. The number of nitrogens with zero attached hydrogens (tertiary/aromatic N) is 1. The van der Waals surface area contributed by atoms with Crippen LogP contribution < -0.4 is 5.84 Å². The number of carbonyl (C=O) groups excluding carboxylic acids is 2. The number of carbonyl (C=O) groups is 3. The predicted octanol–water partition coefficient (Wildman–Crippen LogP) is -1.12. The van der Waals surface area contributed by atoms with Crippen LogP contribution in [-0.4, -0.2) is 27.9 Å². The molecule has 0 saturated carbocycles. The summed E-state index contributed by atoms with van der Waals surface area (Å²) in [5.74, 6) is 2.13. The third-order valence-electron chi connectivity index (χ3n) is 0.945. The van der Waals surface area contributed by atoms with Gasteiger partial charge < -0.3 is 5.11 Å². The normalized spacial score (nSPS) is 9.83. The van der Waals surface area contributed by atoms with Gasteiger partial charge in [-0.15, -0.1) is 0 Å². The Hall–Kier alpha value is -1.69. The number of hydrogen-bond donors (Lipinski definition) is 2. The van der Waals surface area contributed by atoms with Crippen LogP contribution in [0.5, 0.6) is 0 Å². The summed E-state index contributed by atoms with van der Waals surface area (Å²) < 4.78 is 0. The fourth-order valence-electron chi connectivity index (χ4n) is 0.378. The van der Waals surface area contributed by atoms with Crippen LogP contribution in [0.15, 0.2) is 12.2 Å². The van der Waals surface area contributed by atoms with Crippen LogP contribution >= 0.6 is 0 Å². The van der Waals surface area contributed by atoms with Crippen molar-refractivity contribution in [3.63, 3.8) is 0 Å². The minimum absolute atomic E-state index is 0.319. The van der Waals surface area contributed by atoms with E-state index in [2.05, 4.69) is 0 Å². The molecule has 0 aliphatic heterocycles. The van der Waals surface area contributed by atoms with Crippen molar-refractivity contribution in [1.29, 1.82) is 0 Å². The Morgan fingerprint density at radius 3 is 2.17 bits per heavy atom. The van der Waals surface area contributed by atoms with E-state index in [1.807, 2.05) is 0 Å². The lowest BCUT2D eigenvalue weighted by Gasteiger charge is -2.07. The molecule has 3 N–H and O–H groups in total. The smallest absolute Gasteiger partial charge is 0.328 e. The zero-order chi connectivity index (χ0) is 9.72. The van der Waals surface area contributed by atoms with Crippen molar-refractivity contribution in [3.8, 4) is 0 Å². The Balaban J connectivity index is 4.22. The van der Waals surface area contributed by atoms with E-state index >= 15 is 0 Å². The van der Waals surface area contributed by atoms with Crippen molar-refractivity contribution in [1.82, 2.24) is 5.01 Å². The second-order valence-corrected chi connectivity index (χ2v) is 1.90. The predicted molar refractivity (Wildman–Crippen MR) is 38.5 cm³/mol. The Morgan fingerprint density at radius 1 is 1.33 bits per heavy atom. The maximum atomic E-state index is 10.7. The summed E-state index contributed by atoms with van der Waals surface area (Å²) in [6.45, 7) is 1.09. The summed E-state index contributed by atoms with van der Waals surface area (Å²) in [4.78, 5) is 31.1. The van der Waals surface area contributed by atoms with Crippen LogP contribution in [0, 0.1) is 0 Å². The van der Waals surface area contributed by atoms with Crippen molar-refractivity contribution >= 4 is 17.8 Å². The van der Waals surface area contributed by atoms with Crippen LogP contribution in [0.1, 0.15) is 6.92 Å². The van der Waals surface area contributed by atoms with Gasteiger partial charge in [0.1, 0.15) is 0 Å². The highest BCUT2D eigenvalue weighted by Gasteiger charge is 2.09. The first-order valence-corrected chi connectivity index (χ1v) is 2.95. The Bertz CT molecular complexity index is 246. The van der Waals surface area contributed by atoms with Gasteiger partial charge in [-0.2, -0.15) is 0 Å². The molecule has 66 valence electrons. The van der Waals surface area contributed by atoms with Crippen LogP contribution in [0.3, 0.4) is 0 Å². The van der Waals surface area contributed by atoms with Gasteiger partial charge in [-0.25, -0.2) is 15.6 Å². The number of carboxylic acid groups (broad SMARTS) is 1. The fourth-order valence-corrected chi connectivity index (χ4v) is 0.378. The van der Waals surface area contributed by atoms with Gasteiger partial charge >= 0.3 is 5.97 Å². The minimum Gasteiger partial charge on any atom is -0.478 e. The number of carboxylic acids is 1. The monoisotopic (exact) mass is 172 g/mol. The number of imide groups is 1. The standard InChI is InChI=1S/C6H8N2O4/c1-4(9)8(7)5(10)2-3-6(11)12/h2-3H,7H2,1H3,(H,11,12). The third-order valence-corrected chi connectivity index (χ3v) is 0.945. The van der Waals surface area contributed by atoms with Crippen molar-refractivity contribution in [3.05, 3.63) is 12.2 Å². The van der Waals surface area contributed by atoms with Crippen molar-refractivity contribution < 1.29 is 19.5 Å². The number of hydrogen-bond acceptors (Lipinski definition) is 4. The summed E-state index contributed by atoms with van der Waals surface area (Å²) >= 11 is 0. The summed E-state index contributed by atoms with van der Waals surface area (Å²) in [7, 11) is 0. The fraction of sp³-hybridized carbons (Fsp3) is 0.167. The van der Waals surface area contributed by atoms with Crippen LogP contribution in [-0.2, 0) is 14.4 Å². The largest absolute Gasteiger partial charge is 0.478 e.